The molecule has 9 heteroatoms. The molecule has 0 unspecified atom stereocenters. The summed E-state index contributed by atoms with van der Waals surface area (Å²) in [6.45, 7) is 1.98. The minimum atomic E-state index is -0.539. The molecule has 0 saturated heterocycles. The highest BCUT2D eigenvalue weighted by atomic mass is 16.6. The van der Waals surface area contributed by atoms with Crippen molar-refractivity contribution >= 4 is 23.0 Å². The number of carbonyl (C=O) groups excluding carboxylic acids is 1. The highest BCUT2D eigenvalue weighted by Crippen LogP contribution is 2.23. The average molecular weight is 344 g/mol. The summed E-state index contributed by atoms with van der Waals surface area (Å²) in [5.41, 5.74) is 0.693. The molecule has 0 atom stereocenters. The zero-order valence-electron chi connectivity index (χ0n) is 13.4. The molecule has 2 aromatic rings. The highest BCUT2D eigenvalue weighted by molar-refractivity contribution is 5.96. The van der Waals surface area contributed by atoms with E-state index in [4.69, 9.17) is 0 Å². The largest absolute Gasteiger partial charge is 0.378 e. The maximum Gasteiger partial charge on any atom is 0.292 e. The molecule has 2 aromatic carbocycles. The normalized spacial score (nSPS) is 10.1. The Labute approximate surface area is 143 Å². The van der Waals surface area contributed by atoms with Gasteiger partial charge in [-0.15, -0.1) is 0 Å². The second-order valence-corrected chi connectivity index (χ2v) is 5.16. The van der Waals surface area contributed by atoms with E-state index >= 15 is 0 Å². The summed E-state index contributed by atoms with van der Waals surface area (Å²) >= 11 is 0. The SMILES string of the molecule is Cc1c(C(=O)NCCNc2ccccc2[N+](=O)[O-])cccc1[N+](=O)[O-]. The molecule has 130 valence electrons. The molecule has 0 aliphatic heterocycles. The Kier molecular flexibility index (Phi) is 5.62. The summed E-state index contributed by atoms with van der Waals surface area (Å²) in [6, 6.07) is 10.5. The first-order chi connectivity index (χ1) is 11.9. The van der Waals surface area contributed by atoms with Crippen LogP contribution < -0.4 is 10.6 Å². The summed E-state index contributed by atoms with van der Waals surface area (Å²) < 4.78 is 0. The molecule has 0 heterocycles. The molecule has 0 spiro atoms. The monoisotopic (exact) mass is 344 g/mol. The predicted molar refractivity (Wildman–Crippen MR) is 91.8 cm³/mol. The second-order valence-electron chi connectivity index (χ2n) is 5.16. The van der Waals surface area contributed by atoms with E-state index in [1.54, 1.807) is 18.2 Å². The average Bonchev–Trinajstić information content (AvgIpc) is 2.58. The first kappa shape index (κ1) is 17.9. The van der Waals surface area contributed by atoms with Crippen LogP contribution in [0.4, 0.5) is 17.1 Å². The van der Waals surface area contributed by atoms with Gasteiger partial charge in [-0.1, -0.05) is 18.2 Å². The molecule has 0 bridgehead atoms. The quantitative estimate of drug-likeness (QED) is 0.451. The third-order valence-electron chi connectivity index (χ3n) is 3.57. The topological polar surface area (TPSA) is 127 Å². The summed E-state index contributed by atoms with van der Waals surface area (Å²) in [4.78, 5) is 32.9. The van der Waals surface area contributed by atoms with E-state index in [1.165, 1.54) is 31.2 Å². The molecular weight excluding hydrogens is 328 g/mol. The van der Waals surface area contributed by atoms with Crippen LogP contribution in [-0.2, 0) is 0 Å². The number of nitrogens with zero attached hydrogens (tertiary/aromatic N) is 2. The Morgan fingerprint density at radius 3 is 2.28 bits per heavy atom. The van der Waals surface area contributed by atoms with Gasteiger partial charge in [-0.05, 0) is 19.1 Å². The lowest BCUT2D eigenvalue weighted by atomic mass is 10.1. The van der Waals surface area contributed by atoms with Crippen molar-refractivity contribution in [2.75, 3.05) is 18.4 Å². The van der Waals surface area contributed by atoms with Gasteiger partial charge in [0.1, 0.15) is 5.69 Å². The van der Waals surface area contributed by atoms with Crippen LogP contribution >= 0.6 is 0 Å². The Morgan fingerprint density at radius 1 is 0.960 bits per heavy atom. The van der Waals surface area contributed by atoms with Crippen molar-refractivity contribution in [1.82, 2.24) is 5.32 Å². The molecule has 0 radical (unpaired) electrons. The van der Waals surface area contributed by atoms with Crippen molar-refractivity contribution in [3.63, 3.8) is 0 Å². The smallest absolute Gasteiger partial charge is 0.292 e. The molecule has 25 heavy (non-hydrogen) atoms. The van der Waals surface area contributed by atoms with Crippen LogP contribution in [0.3, 0.4) is 0 Å². The van der Waals surface area contributed by atoms with Crippen molar-refractivity contribution in [3.05, 3.63) is 73.8 Å². The maximum atomic E-state index is 12.2. The summed E-state index contributed by atoms with van der Waals surface area (Å²) in [5, 5.41) is 27.3. The second kappa shape index (κ2) is 7.86. The van der Waals surface area contributed by atoms with Crippen molar-refractivity contribution in [2.45, 2.75) is 6.92 Å². The Balaban J connectivity index is 1.95. The number of hydrogen-bond acceptors (Lipinski definition) is 6. The Hall–Kier alpha value is -3.49. The summed E-state index contributed by atoms with van der Waals surface area (Å²) in [7, 11) is 0. The molecule has 0 fully saturated rings. The van der Waals surface area contributed by atoms with Crippen LogP contribution in [0.15, 0.2) is 42.5 Å². The fraction of sp³-hybridized carbons (Fsp3) is 0.188. The summed E-state index contributed by atoms with van der Waals surface area (Å²) in [5.74, 6) is -0.439. The van der Waals surface area contributed by atoms with Gasteiger partial charge in [0.05, 0.1) is 9.85 Å². The fourth-order valence-electron chi connectivity index (χ4n) is 2.32. The number of hydrogen-bond donors (Lipinski definition) is 2. The third-order valence-corrected chi connectivity index (χ3v) is 3.57. The minimum absolute atomic E-state index is 0.0524. The van der Waals surface area contributed by atoms with E-state index in [0.717, 1.165) is 0 Å². The minimum Gasteiger partial charge on any atom is -0.378 e. The van der Waals surface area contributed by atoms with E-state index in [1.807, 2.05) is 0 Å². The van der Waals surface area contributed by atoms with Gasteiger partial charge < -0.3 is 10.6 Å². The lowest BCUT2D eigenvalue weighted by molar-refractivity contribution is -0.385. The van der Waals surface area contributed by atoms with Gasteiger partial charge in [0.15, 0.2) is 0 Å². The van der Waals surface area contributed by atoms with Gasteiger partial charge in [0.2, 0.25) is 0 Å². The van der Waals surface area contributed by atoms with Gasteiger partial charge in [-0.2, -0.15) is 0 Å². The van der Waals surface area contributed by atoms with E-state index in [-0.39, 0.29) is 35.6 Å². The molecule has 2 rings (SSSR count). The zero-order valence-corrected chi connectivity index (χ0v) is 13.4. The first-order valence-electron chi connectivity index (χ1n) is 7.41. The number of nitro benzene ring substituents is 2. The zero-order chi connectivity index (χ0) is 18.4. The molecule has 9 nitrogen and oxygen atoms in total. The van der Waals surface area contributed by atoms with Crippen molar-refractivity contribution in [2.24, 2.45) is 0 Å². The van der Waals surface area contributed by atoms with Gasteiger partial charge in [-0.25, -0.2) is 0 Å². The van der Waals surface area contributed by atoms with Crippen LogP contribution in [-0.4, -0.2) is 28.8 Å². The number of rotatable bonds is 7. The number of amides is 1. The third kappa shape index (κ3) is 4.28. The van der Waals surface area contributed by atoms with E-state index in [2.05, 4.69) is 10.6 Å². The molecule has 0 saturated carbocycles. The molecular formula is C16H16N4O5. The molecule has 0 aromatic heterocycles. The standard InChI is InChI=1S/C16H16N4O5/c1-11-12(5-4-8-14(11)19(22)23)16(21)18-10-9-17-13-6-2-3-7-15(13)20(24)25/h2-8,17H,9-10H2,1H3,(H,18,21). The number of anilines is 1. The van der Waals surface area contributed by atoms with Crippen molar-refractivity contribution in [3.8, 4) is 0 Å². The number of carbonyl (C=O) groups is 1. The van der Waals surface area contributed by atoms with Crippen LogP contribution in [0, 0.1) is 27.2 Å². The Morgan fingerprint density at radius 2 is 1.60 bits per heavy atom. The van der Waals surface area contributed by atoms with Crippen LogP contribution in [0.1, 0.15) is 15.9 Å². The fourth-order valence-corrected chi connectivity index (χ4v) is 2.32. The molecule has 0 aliphatic carbocycles. The molecule has 2 N–H and O–H groups in total. The molecule has 1 amide bonds. The van der Waals surface area contributed by atoms with Gasteiger partial charge in [0, 0.05) is 36.3 Å². The predicted octanol–water partition coefficient (Wildman–Crippen LogP) is 2.65. The highest BCUT2D eigenvalue weighted by Gasteiger charge is 2.17. The van der Waals surface area contributed by atoms with Gasteiger partial charge in [-0.3, -0.25) is 25.0 Å². The van der Waals surface area contributed by atoms with Crippen LogP contribution in [0.5, 0.6) is 0 Å². The van der Waals surface area contributed by atoms with Crippen LogP contribution in [0.25, 0.3) is 0 Å². The Bertz CT molecular complexity index is 822. The van der Waals surface area contributed by atoms with Crippen molar-refractivity contribution < 1.29 is 14.6 Å². The lowest BCUT2D eigenvalue weighted by Crippen LogP contribution is -2.29. The van der Waals surface area contributed by atoms with Crippen molar-refractivity contribution in [1.29, 1.82) is 0 Å². The lowest BCUT2D eigenvalue weighted by Gasteiger charge is -2.10. The van der Waals surface area contributed by atoms with E-state index < -0.39 is 15.8 Å². The van der Waals surface area contributed by atoms with Gasteiger partial charge >= 0.3 is 0 Å². The maximum absolute atomic E-state index is 12.2. The van der Waals surface area contributed by atoms with E-state index in [9.17, 15) is 25.0 Å². The number of benzene rings is 2. The number of nitro groups is 2. The molecule has 0 aliphatic rings. The van der Waals surface area contributed by atoms with Crippen LogP contribution in [0.2, 0.25) is 0 Å². The first-order valence-corrected chi connectivity index (χ1v) is 7.41. The van der Waals surface area contributed by atoms with E-state index in [0.29, 0.717) is 5.69 Å². The number of para-hydroxylation sites is 2. The summed E-state index contributed by atoms with van der Waals surface area (Å²) in [6.07, 6.45) is 0. The van der Waals surface area contributed by atoms with Gasteiger partial charge in [0.25, 0.3) is 17.3 Å². The number of nitrogens with one attached hydrogen (secondary N) is 2.